The number of fused-ring (bicyclic) bond motifs is 2. The summed E-state index contributed by atoms with van der Waals surface area (Å²) < 4.78 is 40.1. The van der Waals surface area contributed by atoms with E-state index in [0.29, 0.717) is 22.5 Å². The Kier molecular flexibility index (Phi) is 6.22. The molecule has 1 saturated heterocycles. The maximum atomic E-state index is 14.6. The summed E-state index contributed by atoms with van der Waals surface area (Å²) in [7, 11) is -3.42. The van der Waals surface area contributed by atoms with Crippen molar-refractivity contribution in [2.45, 2.75) is 12.6 Å². The molecule has 4 aromatic heterocycles. The second kappa shape index (κ2) is 9.98. The number of H-pyrrole nitrogens is 2. The zero-order valence-corrected chi connectivity index (χ0v) is 23.3. The average molecular weight is 584 g/mol. The highest BCUT2D eigenvalue weighted by Crippen LogP contribution is 2.35. The van der Waals surface area contributed by atoms with Gasteiger partial charge in [-0.1, -0.05) is 12.1 Å². The number of benzene rings is 2. The van der Waals surface area contributed by atoms with Crippen molar-refractivity contribution in [3.63, 3.8) is 0 Å². The number of hydrogen-bond acceptors (Lipinski definition) is 8. The molecule has 1 aliphatic rings. The molecule has 0 saturated carbocycles. The number of sulfonamides is 1. The van der Waals surface area contributed by atoms with E-state index >= 15 is 0 Å². The summed E-state index contributed by atoms with van der Waals surface area (Å²) in [5.74, 6) is 0.324. The molecule has 1 fully saturated rings. The van der Waals surface area contributed by atoms with Crippen molar-refractivity contribution in [1.82, 2.24) is 34.9 Å². The van der Waals surface area contributed by atoms with E-state index in [1.807, 2.05) is 30.3 Å². The molecule has 0 bridgehead atoms. The molecule has 212 valence electrons. The highest BCUT2D eigenvalue weighted by atomic mass is 32.2. The second-order valence-corrected chi connectivity index (χ2v) is 12.3. The van der Waals surface area contributed by atoms with Crippen LogP contribution in [-0.4, -0.2) is 63.9 Å². The van der Waals surface area contributed by atoms with E-state index in [9.17, 15) is 12.8 Å². The molecule has 2 aromatic carbocycles. The maximum absolute atomic E-state index is 14.6. The number of pyridine rings is 1. The lowest BCUT2D eigenvalue weighted by molar-refractivity contribution is 0.514. The number of aromatic nitrogens is 6. The zero-order valence-electron chi connectivity index (χ0n) is 22.5. The van der Waals surface area contributed by atoms with Gasteiger partial charge in [0.2, 0.25) is 10.0 Å². The normalized spacial score (nSPS) is 14.1. The Bertz CT molecular complexity index is 2080. The lowest BCUT2D eigenvalue weighted by atomic mass is 9.99. The highest BCUT2D eigenvalue weighted by molar-refractivity contribution is 7.88. The second-order valence-electron chi connectivity index (χ2n) is 10.5. The fourth-order valence-electron chi connectivity index (χ4n) is 5.26. The Hall–Kier alpha value is -4.72. The lowest BCUT2D eigenvalue weighted by Crippen LogP contribution is -2.56. The summed E-state index contributed by atoms with van der Waals surface area (Å²) in [5.41, 5.74) is 12.3. The van der Waals surface area contributed by atoms with Crippen molar-refractivity contribution in [2.24, 2.45) is 5.73 Å². The van der Waals surface area contributed by atoms with Crippen molar-refractivity contribution in [1.29, 1.82) is 0 Å². The van der Waals surface area contributed by atoms with Gasteiger partial charge in [-0.2, -0.15) is 5.10 Å². The first kappa shape index (κ1) is 26.2. The molecule has 6 aromatic rings. The summed E-state index contributed by atoms with van der Waals surface area (Å²) >= 11 is 0. The third-order valence-corrected chi connectivity index (χ3v) is 7.97. The van der Waals surface area contributed by atoms with Gasteiger partial charge >= 0.3 is 0 Å². The molecule has 0 atom stereocenters. The monoisotopic (exact) mass is 583 g/mol. The molecule has 7 rings (SSSR count). The fraction of sp³-hybridized carbons (Fsp3) is 0.172. The minimum atomic E-state index is -3.42. The van der Waals surface area contributed by atoms with Gasteiger partial charge in [0.1, 0.15) is 11.6 Å². The van der Waals surface area contributed by atoms with Crippen LogP contribution in [0.3, 0.4) is 0 Å². The molecule has 0 spiro atoms. The van der Waals surface area contributed by atoms with Gasteiger partial charge in [0, 0.05) is 53.7 Å². The van der Waals surface area contributed by atoms with Gasteiger partial charge in [0.25, 0.3) is 0 Å². The topological polar surface area (TPSA) is 159 Å². The van der Waals surface area contributed by atoms with Gasteiger partial charge in [0.05, 0.1) is 35.7 Å². The van der Waals surface area contributed by atoms with Gasteiger partial charge < -0.3 is 15.6 Å². The molecule has 42 heavy (non-hydrogen) atoms. The summed E-state index contributed by atoms with van der Waals surface area (Å²) in [5, 5.41) is 9.18. The molecular weight excluding hydrogens is 557 g/mol. The van der Waals surface area contributed by atoms with E-state index in [1.54, 1.807) is 24.7 Å². The minimum Gasteiger partial charge on any atom is -0.353 e. The molecule has 1 aliphatic heterocycles. The molecule has 0 aliphatic carbocycles. The van der Waals surface area contributed by atoms with Crippen molar-refractivity contribution in [2.75, 3.05) is 24.2 Å². The molecule has 0 unspecified atom stereocenters. The van der Waals surface area contributed by atoms with Crippen LogP contribution in [0.1, 0.15) is 5.56 Å². The maximum Gasteiger partial charge on any atom is 0.209 e. The highest BCUT2D eigenvalue weighted by Gasteiger charge is 2.25. The molecule has 5 heterocycles. The Morgan fingerprint density at radius 1 is 1.07 bits per heavy atom. The zero-order chi connectivity index (χ0) is 29.0. The lowest BCUT2D eigenvalue weighted by Gasteiger charge is -2.37. The SMILES string of the molecule is CS(=O)(=O)NCc1cc(F)cc(-c2cccc3[nH]c(-c4[nH]nc5ncc(-c6cncc(N7CC(N)C7)n6)cc45)cc23)c1. The fourth-order valence-corrected chi connectivity index (χ4v) is 5.68. The Labute approximate surface area is 240 Å². The third-order valence-electron chi connectivity index (χ3n) is 7.30. The number of rotatable bonds is 7. The largest absolute Gasteiger partial charge is 0.353 e. The molecule has 11 nitrogen and oxygen atoms in total. The predicted molar refractivity (Wildman–Crippen MR) is 159 cm³/mol. The number of nitrogens with zero attached hydrogens (tertiary/aromatic N) is 5. The van der Waals surface area contributed by atoms with Gasteiger partial charge in [0.15, 0.2) is 5.65 Å². The molecular formula is C29H26FN9O2S. The Morgan fingerprint density at radius 2 is 1.93 bits per heavy atom. The van der Waals surface area contributed by atoms with Gasteiger partial charge in [-0.25, -0.2) is 27.5 Å². The Morgan fingerprint density at radius 3 is 2.74 bits per heavy atom. The van der Waals surface area contributed by atoms with E-state index in [1.165, 1.54) is 12.1 Å². The smallest absolute Gasteiger partial charge is 0.209 e. The average Bonchev–Trinajstić information content (AvgIpc) is 3.57. The number of halogens is 1. The predicted octanol–water partition coefficient (Wildman–Crippen LogP) is 3.57. The third kappa shape index (κ3) is 4.98. The van der Waals surface area contributed by atoms with Crippen LogP contribution in [0.25, 0.3) is 55.7 Å². The summed E-state index contributed by atoms with van der Waals surface area (Å²) in [4.78, 5) is 19.2. The summed E-state index contributed by atoms with van der Waals surface area (Å²) in [6.45, 7) is 1.49. The first-order valence-electron chi connectivity index (χ1n) is 13.2. The van der Waals surface area contributed by atoms with Crippen LogP contribution < -0.4 is 15.4 Å². The summed E-state index contributed by atoms with van der Waals surface area (Å²) in [6.07, 6.45) is 6.24. The van der Waals surface area contributed by atoms with Crippen LogP contribution in [0.15, 0.2) is 67.1 Å². The summed E-state index contributed by atoms with van der Waals surface area (Å²) in [6, 6.07) is 14.4. The van der Waals surface area contributed by atoms with Crippen LogP contribution in [0, 0.1) is 5.82 Å². The van der Waals surface area contributed by atoms with Crippen molar-refractivity contribution < 1.29 is 12.8 Å². The van der Waals surface area contributed by atoms with E-state index in [4.69, 9.17) is 10.7 Å². The van der Waals surface area contributed by atoms with Crippen LogP contribution >= 0.6 is 0 Å². The number of nitrogens with two attached hydrogens (primary N) is 1. The molecule has 5 N–H and O–H groups in total. The number of anilines is 1. The number of hydrogen-bond donors (Lipinski definition) is 4. The van der Waals surface area contributed by atoms with Crippen LogP contribution in [0.4, 0.5) is 10.2 Å². The minimum absolute atomic E-state index is 0.00766. The van der Waals surface area contributed by atoms with E-state index in [-0.39, 0.29) is 12.6 Å². The molecule has 0 amide bonds. The van der Waals surface area contributed by atoms with E-state index in [0.717, 1.165) is 64.0 Å². The standard InChI is InChI=1S/C29H26FN9O2S/c1-42(40,41)34-10-16-5-17(7-19(30)6-16)21-3-2-4-24-22(21)9-25(35-24)28-23-8-18(11-33-29(23)38-37-28)26-12-32-13-27(36-26)39-14-20(31)15-39/h2-9,11-13,20,34-35H,10,14-15,31H2,1H3,(H,33,37,38). The van der Waals surface area contributed by atoms with Gasteiger partial charge in [-0.15, -0.1) is 0 Å². The van der Waals surface area contributed by atoms with Crippen molar-refractivity contribution in [3.05, 3.63) is 78.5 Å². The van der Waals surface area contributed by atoms with E-state index in [2.05, 4.69) is 34.8 Å². The Balaban J connectivity index is 1.26. The van der Waals surface area contributed by atoms with Crippen LogP contribution in [0.5, 0.6) is 0 Å². The quantitative estimate of drug-likeness (QED) is 0.222. The number of nitrogens with one attached hydrogen (secondary N) is 3. The first-order chi connectivity index (χ1) is 20.2. The van der Waals surface area contributed by atoms with Crippen LogP contribution in [0.2, 0.25) is 0 Å². The number of aromatic amines is 2. The van der Waals surface area contributed by atoms with Gasteiger partial charge in [-0.05, 0) is 53.1 Å². The van der Waals surface area contributed by atoms with Crippen molar-refractivity contribution in [3.8, 4) is 33.8 Å². The van der Waals surface area contributed by atoms with Crippen molar-refractivity contribution >= 4 is 37.8 Å². The molecule has 13 heteroatoms. The van der Waals surface area contributed by atoms with Gasteiger partial charge in [-0.3, -0.25) is 10.1 Å². The van der Waals surface area contributed by atoms with E-state index < -0.39 is 15.8 Å². The van der Waals surface area contributed by atoms with Crippen LogP contribution in [-0.2, 0) is 16.6 Å². The molecule has 0 radical (unpaired) electrons. The first-order valence-corrected chi connectivity index (χ1v) is 15.1.